The van der Waals surface area contributed by atoms with Crippen LogP contribution in [0.5, 0.6) is 0 Å². The van der Waals surface area contributed by atoms with Crippen molar-refractivity contribution in [1.29, 1.82) is 0 Å². The van der Waals surface area contributed by atoms with Crippen molar-refractivity contribution in [2.75, 3.05) is 11.9 Å². The Bertz CT molecular complexity index is 996. The molecule has 4 N–H and O–H groups in total. The first kappa shape index (κ1) is 22.4. The highest BCUT2D eigenvalue weighted by molar-refractivity contribution is 5.97. The van der Waals surface area contributed by atoms with E-state index in [0.717, 1.165) is 6.07 Å². The van der Waals surface area contributed by atoms with Gasteiger partial charge < -0.3 is 21.1 Å². The maximum atomic E-state index is 13.5. The molecule has 0 radical (unpaired) electrons. The zero-order valence-corrected chi connectivity index (χ0v) is 15.5. The van der Waals surface area contributed by atoms with E-state index in [2.05, 4.69) is 5.32 Å². The molecule has 3 amide bonds. The number of amides is 3. The molecule has 2 aromatic rings. The van der Waals surface area contributed by atoms with Crippen LogP contribution in [0.2, 0.25) is 0 Å². The highest BCUT2D eigenvalue weighted by Gasteiger charge is 2.20. The number of hydrogen-bond acceptors (Lipinski definition) is 5. The molecule has 2 aromatic carbocycles. The number of nitrogens with two attached hydrogens (primary N) is 1. The standard InChI is InChI=1S/C19H16F3N3O5/c1-9(30-19(29)11-4-2-10(3-5-11)17(23)27)18(28)24-8-14(26)25-13-7-6-12(20)15(21)16(13)22/h2-7,9H,8H2,1H3,(H2,23,27)(H,24,28)(H,25,26). The number of rotatable bonds is 7. The van der Waals surface area contributed by atoms with Crippen LogP contribution in [0, 0.1) is 17.5 Å². The quantitative estimate of drug-likeness (QED) is 0.459. The monoisotopic (exact) mass is 423 g/mol. The van der Waals surface area contributed by atoms with Crippen molar-refractivity contribution >= 4 is 29.4 Å². The molecule has 1 atom stereocenters. The maximum absolute atomic E-state index is 13.5. The molecule has 0 saturated heterocycles. The lowest BCUT2D eigenvalue weighted by atomic mass is 10.1. The molecule has 1 unspecified atom stereocenters. The van der Waals surface area contributed by atoms with Crippen LogP contribution in [0.3, 0.4) is 0 Å². The van der Waals surface area contributed by atoms with E-state index < -0.39 is 59.5 Å². The van der Waals surface area contributed by atoms with Gasteiger partial charge >= 0.3 is 5.97 Å². The molecule has 0 aliphatic heterocycles. The summed E-state index contributed by atoms with van der Waals surface area (Å²) < 4.78 is 44.5. The predicted octanol–water partition coefficient (Wildman–Crippen LogP) is 1.50. The average Bonchev–Trinajstić information content (AvgIpc) is 2.72. The molecule has 0 bridgehead atoms. The van der Waals surface area contributed by atoms with Crippen LogP contribution in [0.1, 0.15) is 27.6 Å². The van der Waals surface area contributed by atoms with E-state index in [1.165, 1.54) is 31.2 Å². The maximum Gasteiger partial charge on any atom is 0.338 e. The van der Waals surface area contributed by atoms with Gasteiger partial charge in [0.2, 0.25) is 11.8 Å². The van der Waals surface area contributed by atoms with Crippen molar-refractivity contribution in [3.8, 4) is 0 Å². The van der Waals surface area contributed by atoms with Gasteiger partial charge in [0.05, 0.1) is 17.8 Å². The van der Waals surface area contributed by atoms with E-state index in [1.54, 1.807) is 0 Å². The minimum Gasteiger partial charge on any atom is -0.449 e. The van der Waals surface area contributed by atoms with Crippen LogP contribution in [-0.4, -0.2) is 36.3 Å². The lowest BCUT2D eigenvalue weighted by Crippen LogP contribution is -2.40. The minimum atomic E-state index is -1.75. The van der Waals surface area contributed by atoms with Crippen molar-refractivity contribution < 1.29 is 37.1 Å². The second kappa shape index (κ2) is 9.54. The molecule has 8 nitrogen and oxygen atoms in total. The Balaban J connectivity index is 1.86. The summed E-state index contributed by atoms with van der Waals surface area (Å²) in [6, 6.07) is 6.65. The lowest BCUT2D eigenvalue weighted by Gasteiger charge is -2.14. The third-order valence-electron chi connectivity index (χ3n) is 3.79. The predicted molar refractivity (Wildman–Crippen MR) is 97.8 cm³/mol. The number of ether oxygens (including phenoxy) is 1. The summed E-state index contributed by atoms with van der Waals surface area (Å²) in [5, 5.41) is 4.12. The van der Waals surface area contributed by atoms with E-state index in [1.807, 2.05) is 5.32 Å². The normalized spacial score (nSPS) is 11.3. The summed E-state index contributed by atoms with van der Waals surface area (Å²) in [5.74, 6) is -8.04. The van der Waals surface area contributed by atoms with Gasteiger partial charge in [0.25, 0.3) is 5.91 Å². The fraction of sp³-hybridized carbons (Fsp3) is 0.158. The number of benzene rings is 2. The van der Waals surface area contributed by atoms with Crippen LogP contribution in [0.15, 0.2) is 36.4 Å². The van der Waals surface area contributed by atoms with Crippen LogP contribution in [0.4, 0.5) is 18.9 Å². The van der Waals surface area contributed by atoms with Crippen LogP contribution in [0.25, 0.3) is 0 Å². The molecule has 0 spiro atoms. The lowest BCUT2D eigenvalue weighted by molar-refractivity contribution is -0.130. The molecule has 0 heterocycles. The van der Waals surface area contributed by atoms with Gasteiger partial charge in [0.15, 0.2) is 23.6 Å². The summed E-state index contributed by atoms with van der Waals surface area (Å²) in [5.41, 5.74) is 4.73. The zero-order chi connectivity index (χ0) is 22.4. The summed E-state index contributed by atoms with van der Waals surface area (Å²) in [4.78, 5) is 46.7. The van der Waals surface area contributed by atoms with E-state index >= 15 is 0 Å². The van der Waals surface area contributed by atoms with Crippen molar-refractivity contribution in [3.63, 3.8) is 0 Å². The highest BCUT2D eigenvalue weighted by Crippen LogP contribution is 2.19. The Morgan fingerprint density at radius 3 is 2.17 bits per heavy atom. The molecular weight excluding hydrogens is 407 g/mol. The van der Waals surface area contributed by atoms with Gasteiger partial charge in [-0.15, -0.1) is 0 Å². The van der Waals surface area contributed by atoms with Gasteiger partial charge in [-0.25, -0.2) is 18.0 Å². The van der Waals surface area contributed by atoms with Crippen LogP contribution in [-0.2, 0) is 14.3 Å². The van der Waals surface area contributed by atoms with Gasteiger partial charge in [-0.3, -0.25) is 14.4 Å². The van der Waals surface area contributed by atoms with E-state index in [9.17, 15) is 32.3 Å². The summed E-state index contributed by atoms with van der Waals surface area (Å²) >= 11 is 0. The number of halogens is 3. The molecule has 0 saturated carbocycles. The summed E-state index contributed by atoms with van der Waals surface area (Å²) in [6.45, 7) is 0.602. The number of carbonyl (C=O) groups is 4. The fourth-order valence-electron chi connectivity index (χ4n) is 2.18. The van der Waals surface area contributed by atoms with Gasteiger partial charge in [-0.05, 0) is 43.3 Å². The molecule has 30 heavy (non-hydrogen) atoms. The largest absolute Gasteiger partial charge is 0.449 e. The SMILES string of the molecule is CC(OC(=O)c1ccc(C(N)=O)cc1)C(=O)NCC(=O)Nc1ccc(F)c(F)c1F. The number of hydrogen-bond donors (Lipinski definition) is 3. The smallest absolute Gasteiger partial charge is 0.338 e. The van der Waals surface area contributed by atoms with E-state index in [4.69, 9.17) is 10.5 Å². The molecule has 0 aliphatic rings. The second-order valence-corrected chi connectivity index (χ2v) is 5.98. The van der Waals surface area contributed by atoms with Crippen molar-refractivity contribution in [2.45, 2.75) is 13.0 Å². The number of esters is 1. The topological polar surface area (TPSA) is 128 Å². The number of carbonyl (C=O) groups excluding carboxylic acids is 4. The average molecular weight is 423 g/mol. The van der Waals surface area contributed by atoms with Crippen molar-refractivity contribution in [1.82, 2.24) is 5.32 Å². The van der Waals surface area contributed by atoms with E-state index in [-0.39, 0.29) is 11.1 Å². The third kappa shape index (κ3) is 5.56. The van der Waals surface area contributed by atoms with E-state index in [0.29, 0.717) is 6.07 Å². The number of primary amides is 1. The Morgan fingerprint density at radius 2 is 1.57 bits per heavy atom. The molecule has 0 fully saturated rings. The van der Waals surface area contributed by atoms with Crippen LogP contribution < -0.4 is 16.4 Å². The van der Waals surface area contributed by atoms with Gasteiger partial charge in [0.1, 0.15) is 0 Å². The molecule has 0 aliphatic carbocycles. The third-order valence-corrected chi connectivity index (χ3v) is 3.79. The van der Waals surface area contributed by atoms with Crippen molar-refractivity contribution in [2.24, 2.45) is 5.73 Å². The Hall–Kier alpha value is -3.89. The molecule has 158 valence electrons. The highest BCUT2D eigenvalue weighted by atomic mass is 19.2. The van der Waals surface area contributed by atoms with Gasteiger partial charge in [-0.2, -0.15) is 0 Å². The molecule has 11 heteroatoms. The fourth-order valence-corrected chi connectivity index (χ4v) is 2.18. The van der Waals surface area contributed by atoms with Crippen molar-refractivity contribution in [3.05, 3.63) is 65.0 Å². The minimum absolute atomic E-state index is 0.0613. The summed E-state index contributed by atoms with van der Waals surface area (Å²) in [7, 11) is 0. The first-order valence-electron chi connectivity index (χ1n) is 8.42. The molecular formula is C19H16F3N3O5. The van der Waals surface area contributed by atoms with Gasteiger partial charge in [0, 0.05) is 5.56 Å². The first-order valence-corrected chi connectivity index (χ1v) is 8.42. The Morgan fingerprint density at radius 1 is 0.967 bits per heavy atom. The molecule has 2 rings (SSSR count). The molecule has 0 aromatic heterocycles. The second-order valence-electron chi connectivity index (χ2n) is 5.98. The first-order chi connectivity index (χ1) is 14.1. The van der Waals surface area contributed by atoms with Crippen LogP contribution >= 0.6 is 0 Å². The number of nitrogens with one attached hydrogen (secondary N) is 2. The summed E-state index contributed by atoms with van der Waals surface area (Å²) in [6.07, 6.45) is -1.29. The zero-order valence-electron chi connectivity index (χ0n) is 15.5. The Kier molecular flexibility index (Phi) is 7.13. The Labute approximate surface area is 168 Å². The number of anilines is 1. The van der Waals surface area contributed by atoms with Gasteiger partial charge in [-0.1, -0.05) is 0 Å².